The molecule has 1 atom stereocenters. The summed E-state index contributed by atoms with van der Waals surface area (Å²) in [5.74, 6) is 1.97. The minimum absolute atomic E-state index is 0. The van der Waals surface area contributed by atoms with Crippen LogP contribution < -0.4 is 5.32 Å². The van der Waals surface area contributed by atoms with Crippen molar-refractivity contribution in [3.05, 3.63) is 24.2 Å². The second-order valence-corrected chi connectivity index (χ2v) is 6.46. The van der Waals surface area contributed by atoms with E-state index in [1.165, 1.54) is 6.42 Å². The molecule has 0 saturated carbocycles. The summed E-state index contributed by atoms with van der Waals surface area (Å²) in [5, 5.41) is 3.42. The van der Waals surface area contributed by atoms with E-state index in [1.807, 2.05) is 19.2 Å². The van der Waals surface area contributed by atoms with Gasteiger partial charge in [0, 0.05) is 39.7 Å². The smallest absolute Gasteiger partial charge is 0.193 e. The molecule has 3 rings (SSSR count). The van der Waals surface area contributed by atoms with Gasteiger partial charge in [0.1, 0.15) is 5.76 Å². The number of ether oxygens (including phenoxy) is 2. The lowest BCUT2D eigenvalue weighted by Gasteiger charge is -2.34. The number of halogens is 1. The average molecular weight is 463 g/mol. The molecule has 1 unspecified atom stereocenters. The maximum absolute atomic E-state index is 6.03. The van der Waals surface area contributed by atoms with E-state index in [2.05, 4.69) is 15.2 Å². The summed E-state index contributed by atoms with van der Waals surface area (Å²) in [4.78, 5) is 6.72. The van der Waals surface area contributed by atoms with E-state index in [-0.39, 0.29) is 24.0 Å². The molecular formula is C18H30IN3O3. The second kappa shape index (κ2) is 11.0. The number of hydrogen-bond donors (Lipinski definition) is 1. The first-order valence-corrected chi connectivity index (χ1v) is 9.06. The van der Waals surface area contributed by atoms with E-state index in [9.17, 15) is 0 Å². The van der Waals surface area contributed by atoms with Crippen molar-refractivity contribution in [3.63, 3.8) is 0 Å². The van der Waals surface area contributed by atoms with Crippen molar-refractivity contribution in [2.24, 2.45) is 4.99 Å². The first-order valence-electron chi connectivity index (χ1n) is 9.06. The predicted octanol–water partition coefficient (Wildman–Crippen LogP) is 2.68. The molecule has 0 amide bonds. The van der Waals surface area contributed by atoms with E-state index >= 15 is 0 Å². The SMILES string of the molecule is CN=C(NCCc1ccco1)N1CCC(OCC2CCCO2)CC1.I. The van der Waals surface area contributed by atoms with Gasteiger partial charge in [-0.1, -0.05) is 0 Å². The van der Waals surface area contributed by atoms with Crippen LogP contribution in [-0.4, -0.2) is 63.0 Å². The highest BCUT2D eigenvalue weighted by atomic mass is 127. The van der Waals surface area contributed by atoms with Crippen molar-refractivity contribution < 1.29 is 13.9 Å². The summed E-state index contributed by atoms with van der Waals surface area (Å²) in [7, 11) is 1.84. The lowest BCUT2D eigenvalue weighted by atomic mass is 10.1. The van der Waals surface area contributed by atoms with Crippen molar-refractivity contribution in [2.45, 2.75) is 44.3 Å². The molecule has 1 N–H and O–H groups in total. The van der Waals surface area contributed by atoms with E-state index < -0.39 is 0 Å². The van der Waals surface area contributed by atoms with E-state index in [0.29, 0.717) is 12.2 Å². The van der Waals surface area contributed by atoms with Crippen LogP contribution in [0.25, 0.3) is 0 Å². The number of guanidine groups is 1. The van der Waals surface area contributed by atoms with Crippen LogP contribution >= 0.6 is 24.0 Å². The van der Waals surface area contributed by atoms with Crippen LogP contribution in [0.2, 0.25) is 0 Å². The molecule has 2 aliphatic heterocycles. The van der Waals surface area contributed by atoms with Crippen molar-refractivity contribution in [1.29, 1.82) is 0 Å². The van der Waals surface area contributed by atoms with Gasteiger partial charge in [0.05, 0.1) is 25.1 Å². The molecule has 6 nitrogen and oxygen atoms in total. The Morgan fingerprint density at radius 1 is 1.36 bits per heavy atom. The number of aliphatic imine (C=N–C) groups is 1. The highest BCUT2D eigenvalue weighted by Crippen LogP contribution is 2.17. The zero-order valence-corrected chi connectivity index (χ0v) is 17.3. The van der Waals surface area contributed by atoms with E-state index in [0.717, 1.165) is 70.3 Å². The number of rotatable bonds is 6. The Bertz CT molecular complexity index is 496. The van der Waals surface area contributed by atoms with Gasteiger partial charge in [-0.15, -0.1) is 24.0 Å². The molecule has 0 bridgehead atoms. The number of furan rings is 1. The molecule has 2 fully saturated rings. The van der Waals surface area contributed by atoms with Gasteiger partial charge in [-0.05, 0) is 37.8 Å². The quantitative estimate of drug-likeness (QED) is 0.400. The van der Waals surface area contributed by atoms with Crippen LogP contribution in [0, 0.1) is 0 Å². The summed E-state index contributed by atoms with van der Waals surface area (Å²) in [6.45, 7) is 4.44. The molecule has 0 radical (unpaired) electrons. The topological polar surface area (TPSA) is 59.2 Å². The molecule has 3 heterocycles. The zero-order valence-electron chi connectivity index (χ0n) is 15.0. The lowest BCUT2D eigenvalue weighted by molar-refractivity contribution is -0.0367. The van der Waals surface area contributed by atoms with Gasteiger partial charge in [-0.25, -0.2) is 0 Å². The molecular weight excluding hydrogens is 433 g/mol. The number of piperidine rings is 1. The molecule has 25 heavy (non-hydrogen) atoms. The molecule has 0 aliphatic carbocycles. The van der Waals surface area contributed by atoms with Gasteiger partial charge in [-0.2, -0.15) is 0 Å². The third-order valence-corrected chi connectivity index (χ3v) is 4.73. The van der Waals surface area contributed by atoms with Crippen molar-refractivity contribution in [3.8, 4) is 0 Å². The Hall–Kier alpha value is -0.800. The van der Waals surface area contributed by atoms with Gasteiger partial charge < -0.3 is 24.1 Å². The Morgan fingerprint density at radius 3 is 2.84 bits per heavy atom. The maximum atomic E-state index is 6.03. The minimum atomic E-state index is 0. The molecule has 2 aliphatic rings. The highest BCUT2D eigenvalue weighted by molar-refractivity contribution is 14.0. The van der Waals surface area contributed by atoms with Crippen molar-refractivity contribution in [1.82, 2.24) is 10.2 Å². The number of likely N-dealkylation sites (tertiary alicyclic amines) is 1. The average Bonchev–Trinajstić information content (AvgIpc) is 3.31. The first-order chi connectivity index (χ1) is 11.8. The largest absolute Gasteiger partial charge is 0.469 e. The van der Waals surface area contributed by atoms with Crippen molar-refractivity contribution in [2.75, 3.05) is 39.9 Å². The van der Waals surface area contributed by atoms with Gasteiger partial charge in [-0.3, -0.25) is 4.99 Å². The fraction of sp³-hybridized carbons (Fsp3) is 0.722. The third-order valence-electron chi connectivity index (χ3n) is 4.73. The number of nitrogens with one attached hydrogen (secondary N) is 1. The summed E-state index contributed by atoms with van der Waals surface area (Å²) in [6, 6.07) is 3.92. The van der Waals surface area contributed by atoms with Gasteiger partial charge in [0.15, 0.2) is 5.96 Å². The summed E-state index contributed by atoms with van der Waals surface area (Å²) >= 11 is 0. The monoisotopic (exact) mass is 463 g/mol. The Morgan fingerprint density at radius 2 is 2.20 bits per heavy atom. The summed E-state index contributed by atoms with van der Waals surface area (Å²) in [5.41, 5.74) is 0. The van der Waals surface area contributed by atoms with Crippen LogP contribution in [0.5, 0.6) is 0 Å². The Labute approximate surface area is 167 Å². The van der Waals surface area contributed by atoms with Gasteiger partial charge >= 0.3 is 0 Å². The molecule has 0 spiro atoms. The van der Waals surface area contributed by atoms with Crippen molar-refractivity contribution >= 4 is 29.9 Å². The van der Waals surface area contributed by atoms with E-state index in [4.69, 9.17) is 13.9 Å². The fourth-order valence-corrected chi connectivity index (χ4v) is 3.34. The van der Waals surface area contributed by atoms with Crippen LogP contribution in [0.3, 0.4) is 0 Å². The minimum Gasteiger partial charge on any atom is -0.469 e. The van der Waals surface area contributed by atoms with Crippen LogP contribution in [0.4, 0.5) is 0 Å². The van der Waals surface area contributed by atoms with Gasteiger partial charge in [0.2, 0.25) is 0 Å². The van der Waals surface area contributed by atoms with Crippen LogP contribution in [-0.2, 0) is 15.9 Å². The van der Waals surface area contributed by atoms with Crippen LogP contribution in [0.1, 0.15) is 31.4 Å². The molecule has 2 saturated heterocycles. The number of hydrogen-bond acceptors (Lipinski definition) is 4. The molecule has 0 aromatic carbocycles. The normalized spacial score (nSPS) is 22.0. The maximum Gasteiger partial charge on any atom is 0.193 e. The molecule has 7 heteroatoms. The van der Waals surface area contributed by atoms with E-state index in [1.54, 1.807) is 6.26 Å². The molecule has 1 aromatic rings. The van der Waals surface area contributed by atoms with Gasteiger partial charge in [0.25, 0.3) is 0 Å². The predicted molar refractivity (Wildman–Crippen MR) is 109 cm³/mol. The highest BCUT2D eigenvalue weighted by Gasteiger charge is 2.24. The molecule has 142 valence electrons. The third kappa shape index (κ3) is 6.45. The molecule has 1 aromatic heterocycles. The second-order valence-electron chi connectivity index (χ2n) is 6.46. The first kappa shape index (κ1) is 20.5. The Balaban J connectivity index is 0.00000225. The van der Waals surface area contributed by atoms with Crippen LogP contribution in [0.15, 0.2) is 27.8 Å². The summed E-state index contributed by atoms with van der Waals surface area (Å²) < 4.78 is 17.0. The Kier molecular flexibility index (Phi) is 9.05. The number of nitrogens with zero attached hydrogens (tertiary/aromatic N) is 2. The lowest BCUT2D eigenvalue weighted by Crippen LogP contribution is -2.47. The zero-order chi connectivity index (χ0) is 16.6. The standard InChI is InChI=1S/C18H29N3O3.HI/c1-19-18(20-9-6-15-4-2-12-22-15)21-10-7-16(8-11-21)24-14-17-5-3-13-23-17;/h2,4,12,16-17H,3,5-11,13-14H2,1H3,(H,19,20);1H. The fourth-order valence-electron chi connectivity index (χ4n) is 3.34. The summed E-state index contributed by atoms with van der Waals surface area (Å²) in [6.07, 6.45) is 7.67.